The minimum atomic E-state index is -0.421. The number of aliphatic hydroxyl groups is 1. The van der Waals surface area contributed by atoms with E-state index in [-0.39, 0.29) is 0 Å². The molecule has 0 saturated heterocycles. The normalized spacial score (nSPS) is 9.70. The summed E-state index contributed by atoms with van der Waals surface area (Å²) in [6.45, 7) is 0. The molecule has 0 aliphatic carbocycles. The number of pyridine rings is 1. The number of aldehydes is 1. The highest BCUT2D eigenvalue weighted by atomic mass is 19.1. The smallest absolute Gasteiger partial charge is 0.150 e. The molecule has 0 spiro atoms. The molecule has 0 atom stereocenters. The molecule has 0 aliphatic heterocycles. The van der Waals surface area contributed by atoms with Gasteiger partial charge in [0.05, 0.1) is 30.0 Å². The van der Waals surface area contributed by atoms with Gasteiger partial charge in [-0.1, -0.05) is 24.3 Å². The van der Waals surface area contributed by atoms with Gasteiger partial charge in [-0.15, -0.1) is 0 Å². The van der Waals surface area contributed by atoms with Crippen LogP contribution in [0.15, 0.2) is 55.1 Å². The zero-order chi connectivity index (χ0) is 16.7. The van der Waals surface area contributed by atoms with Gasteiger partial charge in [0.1, 0.15) is 12.1 Å². The van der Waals surface area contributed by atoms with E-state index in [2.05, 4.69) is 15.0 Å². The molecule has 6 heteroatoms. The van der Waals surface area contributed by atoms with Gasteiger partial charge in [0.25, 0.3) is 0 Å². The predicted octanol–water partition coefficient (Wildman–Crippen LogP) is 2.77. The predicted molar refractivity (Wildman–Crippen MR) is 84.2 cm³/mol. The Morgan fingerprint density at radius 1 is 0.913 bits per heavy atom. The van der Waals surface area contributed by atoms with Crippen molar-refractivity contribution < 1.29 is 14.3 Å². The van der Waals surface area contributed by atoms with Crippen molar-refractivity contribution in [2.75, 3.05) is 7.11 Å². The standard InChI is InChI=1S/C16H10FN3O.CH4O/c17-14-5-13(6-18-7-14)16-9-19-8-15(20-16)12-3-1-11(10-21)2-4-12;1-2/h1-10H;2H,1H3. The number of hydrogen-bond donors (Lipinski definition) is 1. The van der Waals surface area contributed by atoms with Gasteiger partial charge < -0.3 is 5.11 Å². The minimum Gasteiger partial charge on any atom is -0.400 e. The van der Waals surface area contributed by atoms with Gasteiger partial charge in [0.2, 0.25) is 0 Å². The third-order valence-corrected chi connectivity index (χ3v) is 2.98. The van der Waals surface area contributed by atoms with E-state index >= 15 is 0 Å². The Morgan fingerprint density at radius 3 is 2.13 bits per heavy atom. The van der Waals surface area contributed by atoms with E-state index in [4.69, 9.17) is 5.11 Å². The Labute approximate surface area is 132 Å². The van der Waals surface area contributed by atoms with Gasteiger partial charge in [0.15, 0.2) is 0 Å². The Hall–Kier alpha value is -2.99. The summed E-state index contributed by atoms with van der Waals surface area (Å²) in [5, 5.41) is 7.00. The second-order valence-electron chi connectivity index (χ2n) is 4.42. The lowest BCUT2D eigenvalue weighted by Crippen LogP contribution is -1.92. The summed E-state index contributed by atoms with van der Waals surface area (Å²) in [5.41, 5.74) is 3.18. The fourth-order valence-electron chi connectivity index (χ4n) is 1.93. The van der Waals surface area contributed by atoms with Crippen molar-refractivity contribution in [3.8, 4) is 22.5 Å². The minimum absolute atomic E-state index is 0.421. The molecule has 3 rings (SSSR count). The van der Waals surface area contributed by atoms with E-state index < -0.39 is 5.82 Å². The molecule has 5 nitrogen and oxygen atoms in total. The van der Waals surface area contributed by atoms with Crippen LogP contribution in [-0.2, 0) is 0 Å². The van der Waals surface area contributed by atoms with Crippen molar-refractivity contribution in [1.29, 1.82) is 0 Å². The summed E-state index contributed by atoms with van der Waals surface area (Å²) >= 11 is 0. The molecule has 23 heavy (non-hydrogen) atoms. The first kappa shape index (κ1) is 16.4. The largest absolute Gasteiger partial charge is 0.400 e. The molecule has 0 saturated carbocycles. The lowest BCUT2D eigenvalue weighted by Gasteiger charge is -2.04. The summed E-state index contributed by atoms with van der Waals surface area (Å²) < 4.78 is 13.2. The summed E-state index contributed by atoms with van der Waals surface area (Å²) in [6.07, 6.45) is 6.63. The number of benzene rings is 1. The Morgan fingerprint density at radius 2 is 1.52 bits per heavy atom. The first-order valence-corrected chi connectivity index (χ1v) is 6.69. The summed E-state index contributed by atoms with van der Waals surface area (Å²) in [4.78, 5) is 23.0. The van der Waals surface area contributed by atoms with Crippen LogP contribution in [0.3, 0.4) is 0 Å². The molecule has 2 aromatic heterocycles. The van der Waals surface area contributed by atoms with Crippen molar-refractivity contribution in [1.82, 2.24) is 15.0 Å². The van der Waals surface area contributed by atoms with Gasteiger partial charge in [-0.05, 0) is 6.07 Å². The molecule has 1 aromatic carbocycles. The lowest BCUT2D eigenvalue weighted by molar-refractivity contribution is 0.112. The van der Waals surface area contributed by atoms with Crippen LogP contribution in [0, 0.1) is 5.82 Å². The van der Waals surface area contributed by atoms with E-state index in [1.807, 2.05) is 0 Å². The van der Waals surface area contributed by atoms with E-state index in [1.54, 1.807) is 36.7 Å². The molecular formula is C17H14FN3O2. The summed E-state index contributed by atoms with van der Waals surface area (Å²) in [5.74, 6) is -0.421. The van der Waals surface area contributed by atoms with Crippen LogP contribution in [0.1, 0.15) is 10.4 Å². The van der Waals surface area contributed by atoms with Crippen LogP contribution in [0.2, 0.25) is 0 Å². The maximum atomic E-state index is 13.2. The molecule has 0 radical (unpaired) electrons. The highest BCUT2D eigenvalue weighted by Gasteiger charge is 2.05. The van der Waals surface area contributed by atoms with Gasteiger partial charge in [0, 0.05) is 30.0 Å². The number of rotatable bonds is 3. The number of aromatic nitrogens is 3. The van der Waals surface area contributed by atoms with Crippen molar-refractivity contribution in [2.45, 2.75) is 0 Å². The van der Waals surface area contributed by atoms with Crippen LogP contribution >= 0.6 is 0 Å². The van der Waals surface area contributed by atoms with Crippen molar-refractivity contribution >= 4 is 6.29 Å². The maximum absolute atomic E-state index is 13.2. The fourth-order valence-corrected chi connectivity index (χ4v) is 1.93. The third-order valence-electron chi connectivity index (χ3n) is 2.98. The molecule has 0 amide bonds. The van der Waals surface area contributed by atoms with Crippen LogP contribution < -0.4 is 0 Å². The van der Waals surface area contributed by atoms with Crippen LogP contribution in [-0.4, -0.2) is 33.5 Å². The molecule has 1 N–H and O–H groups in total. The van der Waals surface area contributed by atoms with E-state index in [0.29, 0.717) is 22.5 Å². The average molecular weight is 311 g/mol. The number of carbonyl (C=O) groups excluding carboxylic acids is 1. The molecule has 3 aromatic rings. The molecule has 0 bridgehead atoms. The van der Waals surface area contributed by atoms with Gasteiger partial charge >= 0.3 is 0 Å². The average Bonchev–Trinajstić information content (AvgIpc) is 2.64. The molecular weight excluding hydrogens is 297 g/mol. The Balaban J connectivity index is 0.000000924. The first-order chi connectivity index (χ1) is 11.3. The van der Waals surface area contributed by atoms with E-state index in [1.165, 1.54) is 12.3 Å². The maximum Gasteiger partial charge on any atom is 0.150 e. The monoisotopic (exact) mass is 311 g/mol. The molecule has 2 heterocycles. The third kappa shape index (κ3) is 4.02. The van der Waals surface area contributed by atoms with E-state index in [9.17, 15) is 9.18 Å². The van der Waals surface area contributed by atoms with Crippen LogP contribution in [0.4, 0.5) is 4.39 Å². The lowest BCUT2D eigenvalue weighted by atomic mass is 10.1. The Bertz CT molecular complexity index is 792. The van der Waals surface area contributed by atoms with E-state index in [0.717, 1.165) is 25.2 Å². The molecule has 0 fully saturated rings. The van der Waals surface area contributed by atoms with Crippen LogP contribution in [0.25, 0.3) is 22.5 Å². The number of hydrogen-bond acceptors (Lipinski definition) is 5. The van der Waals surface area contributed by atoms with Gasteiger partial charge in [-0.3, -0.25) is 14.8 Å². The van der Waals surface area contributed by atoms with Crippen molar-refractivity contribution in [3.63, 3.8) is 0 Å². The first-order valence-electron chi connectivity index (χ1n) is 6.69. The second-order valence-corrected chi connectivity index (χ2v) is 4.42. The quantitative estimate of drug-likeness (QED) is 0.753. The second kappa shape index (κ2) is 7.86. The topological polar surface area (TPSA) is 76.0 Å². The van der Waals surface area contributed by atoms with Crippen molar-refractivity contribution in [3.05, 3.63) is 66.5 Å². The number of carbonyl (C=O) groups is 1. The highest BCUT2D eigenvalue weighted by molar-refractivity contribution is 5.76. The Kier molecular flexibility index (Phi) is 5.60. The van der Waals surface area contributed by atoms with Crippen molar-refractivity contribution in [2.24, 2.45) is 0 Å². The number of halogens is 1. The molecule has 0 aliphatic rings. The van der Waals surface area contributed by atoms with Gasteiger partial charge in [-0.2, -0.15) is 0 Å². The zero-order valence-electron chi connectivity index (χ0n) is 12.3. The number of nitrogens with zero attached hydrogens (tertiary/aromatic N) is 3. The fraction of sp³-hybridized carbons (Fsp3) is 0.0588. The number of aliphatic hydroxyl groups excluding tert-OH is 1. The zero-order valence-corrected chi connectivity index (χ0v) is 12.3. The highest BCUT2D eigenvalue weighted by Crippen LogP contribution is 2.21. The molecule has 0 unspecified atom stereocenters. The van der Waals surface area contributed by atoms with Crippen LogP contribution in [0.5, 0.6) is 0 Å². The summed E-state index contributed by atoms with van der Waals surface area (Å²) in [6, 6.07) is 8.36. The SMILES string of the molecule is CO.O=Cc1ccc(-c2cncc(-c3cncc(F)c3)n2)cc1. The summed E-state index contributed by atoms with van der Waals surface area (Å²) in [7, 11) is 1.00. The molecule has 116 valence electrons. The van der Waals surface area contributed by atoms with Gasteiger partial charge in [-0.25, -0.2) is 9.37 Å².